The van der Waals surface area contributed by atoms with Crippen LogP contribution in [-0.4, -0.2) is 57.1 Å². The van der Waals surface area contributed by atoms with E-state index in [9.17, 15) is 4.79 Å². The second kappa shape index (κ2) is 6.04. The highest BCUT2D eigenvalue weighted by atomic mass is 32.1. The van der Waals surface area contributed by atoms with Crippen molar-refractivity contribution in [1.29, 1.82) is 0 Å². The van der Waals surface area contributed by atoms with E-state index in [0.717, 1.165) is 24.6 Å². The molecule has 1 aliphatic rings. The molecule has 7 heteroatoms. The molecule has 1 saturated heterocycles. The number of hydrogen-bond acceptors (Lipinski definition) is 6. The van der Waals surface area contributed by atoms with Crippen LogP contribution in [0, 0.1) is 0 Å². The molecule has 1 amide bonds. The van der Waals surface area contributed by atoms with Gasteiger partial charge >= 0.3 is 0 Å². The number of aliphatic hydroxyl groups is 1. The molecule has 0 spiro atoms. The molecule has 1 aliphatic heterocycles. The third kappa shape index (κ3) is 3.21. The van der Waals surface area contributed by atoms with E-state index in [-0.39, 0.29) is 18.6 Å². The van der Waals surface area contributed by atoms with E-state index in [1.54, 1.807) is 4.90 Å². The van der Waals surface area contributed by atoms with Gasteiger partial charge in [-0.05, 0) is 12.8 Å². The summed E-state index contributed by atoms with van der Waals surface area (Å²) in [5.41, 5.74) is 0.421. The molecular formula is C10H15N3O3S. The zero-order valence-corrected chi connectivity index (χ0v) is 10.2. The first-order valence-electron chi connectivity index (χ1n) is 5.60. The molecule has 1 aromatic heterocycles. The van der Waals surface area contributed by atoms with Gasteiger partial charge in [0, 0.05) is 13.1 Å². The molecule has 94 valence electrons. The van der Waals surface area contributed by atoms with Gasteiger partial charge in [-0.3, -0.25) is 4.79 Å². The Morgan fingerprint density at radius 1 is 1.59 bits per heavy atom. The van der Waals surface area contributed by atoms with Crippen LogP contribution >= 0.6 is 11.7 Å². The highest BCUT2D eigenvalue weighted by Gasteiger charge is 2.25. The van der Waals surface area contributed by atoms with Gasteiger partial charge in [-0.25, -0.2) is 0 Å². The average Bonchev–Trinajstić information content (AvgIpc) is 2.90. The smallest absolute Gasteiger partial charge is 0.275 e. The van der Waals surface area contributed by atoms with Crippen molar-refractivity contribution < 1.29 is 14.6 Å². The fourth-order valence-corrected chi connectivity index (χ4v) is 2.27. The summed E-state index contributed by atoms with van der Waals surface area (Å²) in [4.78, 5) is 13.7. The van der Waals surface area contributed by atoms with Gasteiger partial charge in [0.05, 0.1) is 37.2 Å². The molecule has 6 nitrogen and oxygen atoms in total. The molecule has 17 heavy (non-hydrogen) atoms. The Labute approximate surface area is 104 Å². The number of aromatic nitrogens is 2. The fourth-order valence-electron chi connectivity index (χ4n) is 1.87. The normalized spacial score (nSPS) is 17.4. The monoisotopic (exact) mass is 257 g/mol. The van der Waals surface area contributed by atoms with Crippen molar-refractivity contribution in [3.63, 3.8) is 0 Å². The lowest BCUT2D eigenvalue weighted by Gasteiger charge is -2.31. The van der Waals surface area contributed by atoms with E-state index < -0.39 is 0 Å². The molecule has 1 N–H and O–H groups in total. The number of carbonyl (C=O) groups excluding carboxylic acids is 1. The molecule has 0 saturated carbocycles. The van der Waals surface area contributed by atoms with Crippen LogP contribution in [0.1, 0.15) is 23.3 Å². The number of aliphatic hydroxyl groups excluding tert-OH is 1. The van der Waals surface area contributed by atoms with Crippen molar-refractivity contribution in [3.8, 4) is 0 Å². The molecule has 2 heterocycles. The van der Waals surface area contributed by atoms with Gasteiger partial charge in [-0.15, -0.1) is 0 Å². The van der Waals surface area contributed by atoms with Gasteiger partial charge in [-0.2, -0.15) is 8.75 Å². The van der Waals surface area contributed by atoms with Gasteiger partial charge < -0.3 is 14.7 Å². The number of carbonyl (C=O) groups is 1. The second-order valence-electron chi connectivity index (χ2n) is 3.88. The van der Waals surface area contributed by atoms with Crippen LogP contribution in [0.2, 0.25) is 0 Å². The van der Waals surface area contributed by atoms with Crippen molar-refractivity contribution in [3.05, 3.63) is 11.9 Å². The highest BCUT2D eigenvalue weighted by Crippen LogP contribution is 2.15. The molecule has 2 rings (SSSR count). The van der Waals surface area contributed by atoms with Crippen LogP contribution in [0.15, 0.2) is 6.20 Å². The maximum Gasteiger partial charge on any atom is 0.275 e. The van der Waals surface area contributed by atoms with Gasteiger partial charge in [0.25, 0.3) is 5.91 Å². The largest absolute Gasteiger partial charge is 0.394 e. The number of hydrogen-bond donors (Lipinski definition) is 1. The first kappa shape index (κ1) is 12.4. The lowest BCUT2D eigenvalue weighted by atomic mass is 10.1. The van der Waals surface area contributed by atoms with Gasteiger partial charge in [0.1, 0.15) is 0 Å². The van der Waals surface area contributed by atoms with Crippen LogP contribution in [0.4, 0.5) is 0 Å². The van der Waals surface area contributed by atoms with E-state index in [1.807, 2.05) is 0 Å². The Hall–Kier alpha value is -1.05. The molecule has 1 fully saturated rings. The van der Waals surface area contributed by atoms with E-state index >= 15 is 0 Å². The van der Waals surface area contributed by atoms with Crippen molar-refractivity contribution in [2.24, 2.45) is 0 Å². The number of likely N-dealkylation sites (tertiary alicyclic amines) is 1. The number of ether oxygens (including phenoxy) is 1. The van der Waals surface area contributed by atoms with Crippen molar-refractivity contribution in [2.75, 3.05) is 26.3 Å². The van der Waals surface area contributed by atoms with Crippen LogP contribution in [0.3, 0.4) is 0 Å². The molecule has 0 bridgehead atoms. The van der Waals surface area contributed by atoms with E-state index in [1.165, 1.54) is 6.20 Å². The number of rotatable bonds is 4. The fraction of sp³-hybridized carbons (Fsp3) is 0.700. The lowest BCUT2D eigenvalue weighted by molar-refractivity contribution is -0.00562. The molecule has 0 unspecified atom stereocenters. The Balaban J connectivity index is 1.81. The quantitative estimate of drug-likeness (QED) is 0.831. The predicted octanol–water partition coefficient (Wildman–Crippen LogP) is 0.152. The van der Waals surface area contributed by atoms with Crippen molar-refractivity contribution >= 4 is 17.6 Å². The van der Waals surface area contributed by atoms with E-state index in [0.29, 0.717) is 25.4 Å². The molecule has 1 aromatic rings. The Bertz CT molecular complexity index is 350. The average molecular weight is 257 g/mol. The summed E-state index contributed by atoms with van der Waals surface area (Å²) in [6.07, 6.45) is 3.27. The maximum atomic E-state index is 11.9. The first-order chi connectivity index (χ1) is 8.31. The summed E-state index contributed by atoms with van der Waals surface area (Å²) in [5, 5.41) is 8.66. The molecular weight excluding hydrogens is 242 g/mol. The van der Waals surface area contributed by atoms with Gasteiger partial charge in [0.15, 0.2) is 5.69 Å². The third-order valence-corrected chi connectivity index (χ3v) is 3.23. The zero-order chi connectivity index (χ0) is 12.1. The number of amides is 1. The van der Waals surface area contributed by atoms with Crippen LogP contribution in [0.25, 0.3) is 0 Å². The van der Waals surface area contributed by atoms with Gasteiger partial charge in [0.2, 0.25) is 0 Å². The second-order valence-corrected chi connectivity index (χ2v) is 4.44. The molecule has 0 aliphatic carbocycles. The summed E-state index contributed by atoms with van der Waals surface area (Å²) >= 11 is 1.04. The van der Waals surface area contributed by atoms with Crippen molar-refractivity contribution in [2.45, 2.75) is 18.9 Å². The topological polar surface area (TPSA) is 75.6 Å². The minimum absolute atomic E-state index is 0.0453. The van der Waals surface area contributed by atoms with E-state index in [4.69, 9.17) is 9.84 Å². The highest BCUT2D eigenvalue weighted by molar-refractivity contribution is 6.99. The Morgan fingerprint density at radius 3 is 2.94 bits per heavy atom. The summed E-state index contributed by atoms with van der Waals surface area (Å²) in [6.45, 7) is 1.76. The van der Waals surface area contributed by atoms with E-state index in [2.05, 4.69) is 8.75 Å². The summed E-state index contributed by atoms with van der Waals surface area (Å²) < 4.78 is 13.2. The minimum atomic E-state index is -0.0561. The Morgan fingerprint density at radius 2 is 2.35 bits per heavy atom. The molecule has 0 radical (unpaired) electrons. The molecule has 0 aromatic carbocycles. The number of piperidine rings is 1. The lowest BCUT2D eigenvalue weighted by Crippen LogP contribution is -2.41. The van der Waals surface area contributed by atoms with Crippen LogP contribution in [-0.2, 0) is 4.74 Å². The predicted molar refractivity (Wildman–Crippen MR) is 61.9 cm³/mol. The summed E-state index contributed by atoms with van der Waals surface area (Å²) in [7, 11) is 0. The third-order valence-electron chi connectivity index (χ3n) is 2.75. The maximum absolute atomic E-state index is 11.9. The Kier molecular flexibility index (Phi) is 4.41. The van der Waals surface area contributed by atoms with Crippen molar-refractivity contribution in [1.82, 2.24) is 13.6 Å². The van der Waals surface area contributed by atoms with Crippen LogP contribution < -0.4 is 0 Å². The number of nitrogens with zero attached hydrogens (tertiary/aromatic N) is 3. The zero-order valence-electron chi connectivity index (χ0n) is 9.41. The summed E-state index contributed by atoms with van der Waals surface area (Å²) in [5.74, 6) is -0.0561. The van der Waals surface area contributed by atoms with Crippen LogP contribution in [0.5, 0.6) is 0 Å². The SMILES string of the molecule is O=C(c1cnsn1)N1CCC(OCCO)CC1. The standard InChI is InChI=1S/C10H15N3O3S/c14-5-6-16-8-1-3-13(4-2-8)10(15)9-7-11-17-12-9/h7-8,14H,1-6H2. The first-order valence-corrected chi connectivity index (χ1v) is 6.33. The summed E-state index contributed by atoms with van der Waals surface area (Å²) in [6, 6.07) is 0. The minimum Gasteiger partial charge on any atom is -0.394 e. The van der Waals surface area contributed by atoms with Gasteiger partial charge in [-0.1, -0.05) is 0 Å². The molecule has 0 atom stereocenters.